The van der Waals surface area contributed by atoms with Gasteiger partial charge in [-0.1, -0.05) is 30.3 Å². The number of hydrogen-bond donors (Lipinski definition) is 5. The van der Waals surface area contributed by atoms with Crippen LogP contribution < -0.4 is 4.72 Å². The van der Waals surface area contributed by atoms with Crippen molar-refractivity contribution in [2.75, 3.05) is 6.61 Å². The molecule has 1 aromatic rings. The Kier molecular flexibility index (Phi) is 6.06. The largest absolute Gasteiger partial charge is 0.394 e. The Balaban J connectivity index is 2.10. The average Bonchev–Trinajstić information content (AvgIpc) is 2.50. The van der Waals surface area contributed by atoms with Gasteiger partial charge in [0.05, 0.1) is 13.2 Å². The summed E-state index contributed by atoms with van der Waals surface area (Å²) in [6, 6.07) is 7.44. The second-order valence-corrected chi connectivity index (χ2v) is 6.30. The molecule has 1 aliphatic rings. The van der Waals surface area contributed by atoms with Gasteiger partial charge in [-0.25, -0.2) is 0 Å². The molecule has 0 amide bonds. The van der Waals surface area contributed by atoms with Crippen LogP contribution in [0, 0.1) is 0 Å². The van der Waals surface area contributed by atoms with Gasteiger partial charge in [0, 0.05) is 0 Å². The zero-order chi connectivity index (χ0) is 17.0. The number of aliphatic hydroxyl groups excluding tert-OH is 3. The fourth-order valence-electron chi connectivity index (χ4n) is 2.35. The van der Waals surface area contributed by atoms with E-state index in [2.05, 4.69) is 0 Å². The van der Waals surface area contributed by atoms with Crippen LogP contribution in [0.3, 0.4) is 0 Å². The van der Waals surface area contributed by atoms with Gasteiger partial charge in [-0.15, -0.1) is 0 Å². The van der Waals surface area contributed by atoms with Crippen molar-refractivity contribution in [1.82, 2.24) is 4.72 Å². The van der Waals surface area contributed by atoms with Gasteiger partial charge in [0.15, 0.2) is 6.29 Å². The highest BCUT2D eigenvalue weighted by atomic mass is 32.2. The summed E-state index contributed by atoms with van der Waals surface area (Å²) in [6.45, 7) is -0.469. The Bertz CT molecular complexity index is 595. The van der Waals surface area contributed by atoms with Crippen LogP contribution in [-0.4, -0.2) is 65.5 Å². The number of benzene rings is 1. The first kappa shape index (κ1) is 18.2. The van der Waals surface area contributed by atoms with E-state index in [4.69, 9.17) is 14.0 Å². The Morgan fingerprint density at radius 3 is 2.43 bits per heavy atom. The molecule has 0 aliphatic carbocycles. The summed E-state index contributed by atoms with van der Waals surface area (Å²) >= 11 is 0. The molecule has 0 aromatic heterocycles. The van der Waals surface area contributed by atoms with Crippen LogP contribution in [0.15, 0.2) is 30.3 Å². The van der Waals surface area contributed by atoms with Crippen molar-refractivity contribution in [2.45, 2.75) is 37.3 Å². The lowest BCUT2D eigenvalue weighted by molar-refractivity contribution is -0.263. The Hall–Kier alpha value is -1.11. The van der Waals surface area contributed by atoms with E-state index in [0.717, 1.165) is 5.56 Å². The molecule has 0 saturated carbocycles. The van der Waals surface area contributed by atoms with Gasteiger partial charge in [0.1, 0.15) is 24.4 Å². The summed E-state index contributed by atoms with van der Waals surface area (Å²) < 4.78 is 42.9. The molecule has 5 atom stereocenters. The SMILES string of the molecule is O=S(=O)(O)N[C@@H]1[C@@H](O)[C@H](OCc2ccccc2)[C@@H](CO)O[C@@H]1O. The molecule has 1 aliphatic heterocycles. The van der Waals surface area contributed by atoms with Gasteiger partial charge in [0.2, 0.25) is 0 Å². The monoisotopic (exact) mass is 349 g/mol. The number of aliphatic hydroxyl groups is 3. The van der Waals surface area contributed by atoms with Gasteiger partial charge in [-0.05, 0) is 5.56 Å². The van der Waals surface area contributed by atoms with E-state index in [0.29, 0.717) is 0 Å². The third kappa shape index (κ3) is 4.93. The maximum atomic E-state index is 10.9. The second-order valence-electron chi connectivity index (χ2n) is 5.12. The highest BCUT2D eigenvalue weighted by Crippen LogP contribution is 2.23. The summed E-state index contributed by atoms with van der Waals surface area (Å²) in [5, 5.41) is 29.2. The quantitative estimate of drug-likeness (QED) is 0.386. The van der Waals surface area contributed by atoms with Crippen LogP contribution in [-0.2, 0) is 26.4 Å². The maximum Gasteiger partial charge on any atom is 0.333 e. The predicted molar refractivity (Wildman–Crippen MR) is 77.5 cm³/mol. The van der Waals surface area contributed by atoms with Crippen molar-refractivity contribution in [3.8, 4) is 0 Å². The van der Waals surface area contributed by atoms with Gasteiger partial charge in [0.25, 0.3) is 0 Å². The van der Waals surface area contributed by atoms with Crippen molar-refractivity contribution in [2.24, 2.45) is 0 Å². The predicted octanol–water partition coefficient (Wildman–Crippen LogP) is -1.60. The minimum atomic E-state index is -4.67. The molecule has 0 unspecified atom stereocenters. The van der Waals surface area contributed by atoms with Gasteiger partial charge in [-0.3, -0.25) is 4.55 Å². The Morgan fingerprint density at radius 2 is 1.87 bits per heavy atom. The van der Waals surface area contributed by atoms with E-state index in [1.165, 1.54) is 0 Å². The van der Waals surface area contributed by atoms with Crippen LogP contribution >= 0.6 is 0 Å². The van der Waals surface area contributed by atoms with E-state index in [9.17, 15) is 23.7 Å². The van der Waals surface area contributed by atoms with Crippen molar-refractivity contribution >= 4 is 10.3 Å². The summed E-state index contributed by atoms with van der Waals surface area (Å²) in [7, 11) is -4.67. The molecule has 1 heterocycles. The summed E-state index contributed by atoms with van der Waals surface area (Å²) in [5.41, 5.74) is 0.793. The highest BCUT2D eigenvalue weighted by molar-refractivity contribution is 7.83. The van der Waals surface area contributed by atoms with Gasteiger partial charge < -0.3 is 24.8 Å². The van der Waals surface area contributed by atoms with Crippen LogP contribution in [0.1, 0.15) is 5.56 Å². The minimum Gasteiger partial charge on any atom is -0.394 e. The lowest BCUT2D eigenvalue weighted by Crippen LogP contribution is -2.64. The first-order valence-corrected chi connectivity index (χ1v) is 8.28. The first-order valence-electron chi connectivity index (χ1n) is 6.84. The fraction of sp³-hybridized carbons (Fsp3) is 0.538. The normalized spacial score (nSPS) is 31.9. The molecule has 0 bridgehead atoms. The lowest BCUT2D eigenvalue weighted by atomic mass is 9.97. The minimum absolute atomic E-state index is 0.0805. The van der Waals surface area contributed by atoms with Crippen molar-refractivity contribution in [1.29, 1.82) is 0 Å². The van der Waals surface area contributed by atoms with Crippen molar-refractivity contribution in [3.05, 3.63) is 35.9 Å². The molecule has 10 heteroatoms. The molecule has 1 fully saturated rings. The summed E-state index contributed by atoms with van der Waals surface area (Å²) in [4.78, 5) is 0. The van der Waals surface area contributed by atoms with E-state index in [1.807, 2.05) is 6.07 Å². The topological polar surface area (TPSA) is 146 Å². The molecule has 0 radical (unpaired) electrons. The summed E-state index contributed by atoms with van der Waals surface area (Å²) in [6.07, 6.45) is -5.45. The smallest absolute Gasteiger partial charge is 0.333 e. The van der Waals surface area contributed by atoms with E-state index in [1.54, 1.807) is 29.0 Å². The molecule has 0 spiro atoms. The number of hydrogen-bond acceptors (Lipinski definition) is 7. The Morgan fingerprint density at radius 1 is 1.22 bits per heavy atom. The summed E-state index contributed by atoms with van der Waals surface area (Å²) in [5.74, 6) is 0. The molecule has 9 nitrogen and oxygen atoms in total. The maximum absolute atomic E-state index is 10.9. The second kappa shape index (κ2) is 7.64. The molecule has 1 aromatic carbocycles. The molecular weight excluding hydrogens is 330 g/mol. The highest BCUT2D eigenvalue weighted by Gasteiger charge is 2.46. The number of ether oxygens (including phenoxy) is 2. The molecule has 1 saturated heterocycles. The van der Waals surface area contributed by atoms with E-state index < -0.39 is 47.6 Å². The number of rotatable bonds is 6. The third-order valence-corrected chi connectivity index (χ3v) is 4.01. The Labute approximate surface area is 133 Å². The first-order chi connectivity index (χ1) is 10.8. The van der Waals surface area contributed by atoms with E-state index in [-0.39, 0.29) is 6.61 Å². The van der Waals surface area contributed by atoms with Gasteiger partial charge >= 0.3 is 10.3 Å². The van der Waals surface area contributed by atoms with Crippen molar-refractivity contribution in [3.63, 3.8) is 0 Å². The molecule has 130 valence electrons. The van der Waals surface area contributed by atoms with Crippen molar-refractivity contribution < 1.29 is 37.8 Å². The van der Waals surface area contributed by atoms with E-state index >= 15 is 0 Å². The number of nitrogens with one attached hydrogen (secondary N) is 1. The fourth-order valence-corrected chi connectivity index (χ4v) is 2.95. The van der Waals surface area contributed by atoms with Crippen LogP contribution in [0.5, 0.6) is 0 Å². The third-order valence-electron chi connectivity index (χ3n) is 3.44. The van der Waals surface area contributed by atoms with Crippen LogP contribution in [0.4, 0.5) is 0 Å². The van der Waals surface area contributed by atoms with Gasteiger partial charge in [-0.2, -0.15) is 13.1 Å². The van der Waals surface area contributed by atoms with Crippen LogP contribution in [0.25, 0.3) is 0 Å². The standard InChI is InChI=1S/C13H19NO8S/c15-6-9-12(21-7-8-4-2-1-3-5-8)11(16)10(13(17)22-9)14-23(18,19)20/h1-5,9-17H,6-7H2,(H,18,19,20)/t9-,10-,11-,12-,13+/m1/s1. The molecule has 23 heavy (non-hydrogen) atoms. The zero-order valence-electron chi connectivity index (χ0n) is 12.0. The molecule has 2 rings (SSSR count). The molecular formula is C13H19NO8S. The lowest BCUT2D eigenvalue weighted by Gasteiger charge is -2.41. The zero-order valence-corrected chi connectivity index (χ0v) is 12.8. The molecule has 5 N–H and O–H groups in total. The van der Waals surface area contributed by atoms with Crippen LogP contribution in [0.2, 0.25) is 0 Å². The average molecular weight is 349 g/mol.